The summed E-state index contributed by atoms with van der Waals surface area (Å²) in [6.45, 7) is 0.276. The summed E-state index contributed by atoms with van der Waals surface area (Å²) in [6.07, 6.45) is 3.42. The van der Waals surface area contributed by atoms with E-state index in [0.717, 1.165) is 16.7 Å². The molecule has 8 heteroatoms. The van der Waals surface area contributed by atoms with Crippen LogP contribution in [0, 0.1) is 10.1 Å². The molecule has 29 heavy (non-hydrogen) atoms. The maximum absolute atomic E-state index is 12.8. The number of para-hydroxylation sites is 2. The molecule has 2 heterocycles. The van der Waals surface area contributed by atoms with Crippen molar-refractivity contribution in [3.63, 3.8) is 0 Å². The molecule has 0 bridgehead atoms. The molecule has 0 atom stereocenters. The summed E-state index contributed by atoms with van der Waals surface area (Å²) >= 11 is 0.875. The Morgan fingerprint density at radius 3 is 2.45 bits per heavy atom. The van der Waals surface area contributed by atoms with Crippen LogP contribution in [0.25, 0.3) is 6.08 Å². The Bertz CT molecular complexity index is 1140. The van der Waals surface area contributed by atoms with E-state index in [1.807, 2.05) is 6.07 Å². The van der Waals surface area contributed by atoms with Crippen molar-refractivity contribution in [1.82, 2.24) is 4.57 Å². The van der Waals surface area contributed by atoms with Gasteiger partial charge in [0.05, 0.1) is 22.1 Å². The van der Waals surface area contributed by atoms with E-state index >= 15 is 0 Å². The first-order valence-corrected chi connectivity index (χ1v) is 9.56. The lowest BCUT2D eigenvalue weighted by atomic mass is 10.2. The molecule has 0 spiro atoms. The van der Waals surface area contributed by atoms with Gasteiger partial charge >= 0.3 is 0 Å². The first-order chi connectivity index (χ1) is 14.0. The quantitative estimate of drug-likeness (QED) is 0.349. The number of nitro groups is 1. The van der Waals surface area contributed by atoms with Crippen LogP contribution in [0.4, 0.5) is 16.2 Å². The summed E-state index contributed by atoms with van der Waals surface area (Å²) in [5, 5.41) is 10.9. The normalized spacial score (nSPS) is 15.3. The van der Waals surface area contributed by atoms with Crippen LogP contribution >= 0.6 is 11.8 Å². The van der Waals surface area contributed by atoms with Crippen LogP contribution in [-0.4, -0.2) is 20.6 Å². The number of rotatable bonds is 5. The van der Waals surface area contributed by atoms with Gasteiger partial charge < -0.3 is 4.57 Å². The molecular formula is C21H15N3O4S. The summed E-state index contributed by atoms with van der Waals surface area (Å²) in [6, 6.07) is 18.9. The molecule has 2 aromatic carbocycles. The Morgan fingerprint density at radius 2 is 1.69 bits per heavy atom. The molecule has 3 aromatic rings. The van der Waals surface area contributed by atoms with Crippen LogP contribution in [0.5, 0.6) is 0 Å². The number of anilines is 1. The Labute approximate surface area is 170 Å². The minimum Gasteiger partial charge on any atom is -0.343 e. The van der Waals surface area contributed by atoms with E-state index in [1.54, 1.807) is 71.4 Å². The first-order valence-electron chi connectivity index (χ1n) is 8.75. The standard InChI is InChI=1S/C21H15N3O4S/c25-20-19(29-21(26)23(20)16-8-2-1-3-9-16)13-17-10-6-12-22(17)14-15-7-4-5-11-18(15)24(27)28/h1-13H,14H2/b19-13-. The number of thioether (sulfide) groups is 1. The third-order valence-corrected chi connectivity index (χ3v) is 5.35. The lowest BCUT2D eigenvalue weighted by Crippen LogP contribution is -2.27. The highest BCUT2D eigenvalue weighted by molar-refractivity contribution is 8.19. The zero-order valence-corrected chi connectivity index (χ0v) is 15.9. The van der Waals surface area contributed by atoms with Crippen molar-refractivity contribution in [2.75, 3.05) is 4.90 Å². The SMILES string of the molecule is O=C1S/C(=C\c2cccn2Cc2ccccc2[N+](=O)[O-])C(=O)N1c1ccccc1. The highest BCUT2D eigenvalue weighted by atomic mass is 32.2. The molecule has 4 rings (SSSR count). The fraction of sp³-hybridized carbons (Fsp3) is 0.0476. The molecule has 1 aliphatic rings. The molecule has 0 aliphatic carbocycles. The highest BCUT2D eigenvalue weighted by Gasteiger charge is 2.36. The van der Waals surface area contributed by atoms with Gasteiger partial charge in [0.25, 0.3) is 16.8 Å². The molecule has 1 aliphatic heterocycles. The minimum atomic E-state index is -0.413. The largest absolute Gasteiger partial charge is 0.343 e. The van der Waals surface area contributed by atoms with E-state index in [9.17, 15) is 19.7 Å². The summed E-state index contributed by atoms with van der Waals surface area (Å²) in [7, 11) is 0. The van der Waals surface area contributed by atoms with Crippen molar-refractivity contribution in [2.45, 2.75) is 6.54 Å². The van der Waals surface area contributed by atoms with Gasteiger partial charge in [-0.15, -0.1) is 0 Å². The molecular weight excluding hydrogens is 390 g/mol. The monoisotopic (exact) mass is 405 g/mol. The number of carbonyl (C=O) groups is 2. The second kappa shape index (κ2) is 7.76. The number of imide groups is 1. The van der Waals surface area contributed by atoms with Gasteiger partial charge in [0.1, 0.15) is 0 Å². The lowest BCUT2D eigenvalue weighted by Gasteiger charge is -2.11. The van der Waals surface area contributed by atoms with Crippen molar-refractivity contribution in [3.05, 3.63) is 99.2 Å². The zero-order valence-electron chi connectivity index (χ0n) is 15.1. The zero-order chi connectivity index (χ0) is 20.4. The van der Waals surface area contributed by atoms with Crippen molar-refractivity contribution < 1.29 is 14.5 Å². The summed E-state index contributed by atoms with van der Waals surface area (Å²) in [5.74, 6) is -0.385. The smallest absolute Gasteiger partial charge is 0.298 e. The number of benzene rings is 2. The molecule has 1 fully saturated rings. The van der Waals surface area contributed by atoms with Gasteiger partial charge in [0.15, 0.2) is 0 Å². The highest BCUT2D eigenvalue weighted by Crippen LogP contribution is 2.35. The van der Waals surface area contributed by atoms with E-state index < -0.39 is 4.92 Å². The molecule has 1 aromatic heterocycles. The third kappa shape index (κ3) is 3.70. The Hall–Kier alpha value is -3.65. The third-order valence-electron chi connectivity index (χ3n) is 4.48. The van der Waals surface area contributed by atoms with Gasteiger partial charge in [-0.1, -0.05) is 36.4 Å². The van der Waals surface area contributed by atoms with Crippen molar-refractivity contribution in [1.29, 1.82) is 0 Å². The number of aromatic nitrogens is 1. The Balaban J connectivity index is 1.63. The van der Waals surface area contributed by atoms with Gasteiger partial charge in [-0.3, -0.25) is 19.7 Å². The predicted molar refractivity (Wildman–Crippen MR) is 112 cm³/mol. The molecule has 1 saturated heterocycles. The minimum absolute atomic E-state index is 0.0385. The van der Waals surface area contributed by atoms with E-state index in [2.05, 4.69) is 0 Å². The summed E-state index contributed by atoms with van der Waals surface area (Å²) < 4.78 is 1.80. The van der Waals surface area contributed by atoms with E-state index in [1.165, 1.54) is 6.07 Å². The van der Waals surface area contributed by atoms with Crippen LogP contribution in [0.1, 0.15) is 11.3 Å². The molecule has 0 N–H and O–H groups in total. The van der Waals surface area contributed by atoms with Crippen LogP contribution in [0.3, 0.4) is 0 Å². The lowest BCUT2D eigenvalue weighted by molar-refractivity contribution is -0.385. The number of hydrogen-bond donors (Lipinski definition) is 0. The fourth-order valence-corrected chi connectivity index (χ4v) is 3.94. The van der Waals surface area contributed by atoms with Crippen LogP contribution < -0.4 is 4.90 Å². The number of nitro benzene ring substituents is 1. The van der Waals surface area contributed by atoms with E-state index in [4.69, 9.17) is 0 Å². The number of carbonyl (C=O) groups excluding carboxylic acids is 2. The second-order valence-electron chi connectivity index (χ2n) is 6.30. The fourth-order valence-electron chi connectivity index (χ4n) is 3.11. The van der Waals surface area contributed by atoms with Crippen molar-refractivity contribution in [2.24, 2.45) is 0 Å². The van der Waals surface area contributed by atoms with E-state index in [-0.39, 0.29) is 23.4 Å². The van der Waals surface area contributed by atoms with Crippen LogP contribution in [0.15, 0.2) is 77.8 Å². The Kier molecular flexibility index (Phi) is 5.01. The van der Waals surface area contributed by atoms with Gasteiger partial charge in [0.2, 0.25) is 0 Å². The van der Waals surface area contributed by atoms with Crippen molar-refractivity contribution in [3.8, 4) is 0 Å². The summed E-state index contributed by atoms with van der Waals surface area (Å²) in [5.41, 5.74) is 1.80. The van der Waals surface area contributed by atoms with Gasteiger partial charge in [0, 0.05) is 23.5 Å². The number of hydrogen-bond acceptors (Lipinski definition) is 5. The first kappa shape index (κ1) is 18.7. The van der Waals surface area contributed by atoms with Gasteiger partial charge in [-0.25, -0.2) is 4.90 Å². The molecule has 2 amide bonds. The topological polar surface area (TPSA) is 85.5 Å². The predicted octanol–water partition coefficient (Wildman–Crippen LogP) is 4.69. The maximum Gasteiger partial charge on any atom is 0.298 e. The average molecular weight is 405 g/mol. The summed E-state index contributed by atoms with van der Waals surface area (Å²) in [4.78, 5) is 37.4. The Morgan fingerprint density at radius 1 is 0.966 bits per heavy atom. The maximum atomic E-state index is 12.8. The molecule has 0 unspecified atom stereocenters. The van der Waals surface area contributed by atoms with Gasteiger partial charge in [-0.2, -0.15) is 0 Å². The van der Waals surface area contributed by atoms with Gasteiger partial charge in [-0.05, 0) is 42.1 Å². The molecule has 0 saturated carbocycles. The number of nitrogens with zero attached hydrogens (tertiary/aromatic N) is 3. The van der Waals surface area contributed by atoms with Crippen LogP contribution in [0.2, 0.25) is 0 Å². The second-order valence-corrected chi connectivity index (χ2v) is 7.29. The molecule has 7 nitrogen and oxygen atoms in total. The van der Waals surface area contributed by atoms with Crippen LogP contribution in [-0.2, 0) is 11.3 Å². The molecule has 0 radical (unpaired) electrons. The average Bonchev–Trinajstić information content (AvgIpc) is 3.26. The number of amides is 2. The molecule has 144 valence electrons. The van der Waals surface area contributed by atoms with Crippen molar-refractivity contribution >= 4 is 40.4 Å². The van der Waals surface area contributed by atoms with E-state index in [0.29, 0.717) is 21.8 Å².